The Morgan fingerprint density at radius 3 is 1.52 bits per heavy atom. The van der Waals surface area contributed by atoms with E-state index in [4.69, 9.17) is 28.7 Å². The van der Waals surface area contributed by atoms with Gasteiger partial charge >= 0.3 is 0 Å². The maximum atomic E-state index is 14.4. The zero-order valence-corrected chi connectivity index (χ0v) is 47.8. The number of allylic oxidation sites excluding steroid dienone is 1. The molecule has 0 saturated heterocycles. The molecule has 3 aromatic heterocycles. The zero-order valence-electron chi connectivity index (χ0n) is 47.8. The van der Waals surface area contributed by atoms with E-state index < -0.39 is 71.7 Å². The van der Waals surface area contributed by atoms with Crippen LogP contribution in [0.25, 0.3) is 0 Å². The molecule has 8 atom stereocenters. The predicted molar refractivity (Wildman–Crippen MR) is 309 cm³/mol. The van der Waals surface area contributed by atoms with E-state index >= 15 is 0 Å². The second kappa shape index (κ2) is 37.1. The summed E-state index contributed by atoms with van der Waals surface area (Å²) in [6.07, 6.45) is 20.8. The van der Waals surface area contributed by atoms with E-state index in [9.17, 15) is 43.2 Å². The van der Waals surface area contributed by atoms with Gasteiger partial charge in [-0.25, -0.2) is 15.0 Å². The van der Waals surface area contributed by atoms with Crippen LogP contribution in [0.1, 0.15) is 159 Å². The number of primary amides is 1. The molecule has 4 heterocycles. The number of nitrogens with two attached hydrogens (primary N) is 5. The van der Waals surface area contributed by atoms with Crippen molar-refractivity contribution in [2.45, 2.75) is 198 Å². The van der Waals surface area contributed by atoms with E-state index in [1.807, 2.05) is 6.08 Å². The Balaban J connectivity index is 1.40. The summed E-state index contributed by atoms with van der Waals surface area (Å²) in [6.45, 7) is 3.97. The minimum atomic E-state index is -0.973. The van der Waals surface area contributed by atoms with Crippen LogP contribution in [0.4, 0.5) is 0 Å². The van der Waals surface area contributed by atoms with Crippen molar-refractivity contribution < 1.29 is 43.2 Å². The number of aromatic nitrogens is 6. The van der Waals surface area contributed by atoms with Gasteiger partial charge in [0.25, 0.3) is 0 Å². The fourth-order valence-electron chi connectivity index (χ4n) is 9.50. The van der Waals surface area contributed by atoms with Crippen LogP contribution in [0, 0.1) is 17.8 Å². The fraction of sp³-hybridized carbons (Fsp3) is 0.632. The number of aromatic amines is 3. The Hall–Kier alpha value is -7.09. The van der Waals surface area contributed by atoms with Crippen LogP contribution in [0.3, 0.4) is 0 Å². The van der Waals surface area contributed by atoms with Gasteiger partial charge in [-0.1, -0.05) is 52.0 Å². The molecule has 25 heteroatoms. The topological polar surface area (TPSA) is 430 Å². The molecule has 25 nitrogen and oxygen atoms in total. The first-order chi connectivity index (χ1) is 39.3. The normalized spacial score (nSPS) is 15.1. The van der Waals surface area contributed by atoms with Crippen LogP contribution in [0.2, 0.25) is 0 Å². The fourth-order valence-corrected chi connectivity index (χ4v) is 9.50. The van der Waals surface area contributed by atoms with Crippen molar-refractivity contribution in [2.75, 3.05) is 13.1 Å². The number of amides is 5. The number of ketones is 4. The first-order valence-electron chi connectivity index (χ1n) is 29.0. The van der Waals surface area contributed by atoms with E-state index in [-0.39, 0.29) is 112 Å². The lowest BCUT2D eigenvalue weighted by atomic mass is 9.90. The highest BCUT2D eigenvalue weighted by Gasteiger charge is 2.30. The molecule has 1 aliphatic heterocycles. The summed E-state index contributed by atoms with van der Waals surface area (Å²) >= 11 is 0. The number of nitrogens with one attached hydrogen (secondary N) is 7. The lowest BCUT2D eigenvalue weighted by Gasteiger charge is -2.23. The maximum Gasteiger partial charge on any atom is 0.242 e. The molecule has 0 spiro atoms. The molecular formula is C57H90N16O9. The van der Waals surface area contributed by atoms with Gasteiger partial charge in [-0.05, 0) is 57.8 Å². The zero-order chi connectivity index (χ0) is 59.8. The van der Waals surface area contributed by atoms with E-state index in [1.165, 1.54) is 19.0 Å². The lowest BCUT2D eigenvalue weighted by Crippen LogP contribution is -2.52. The number of unbranched alkanes of at least 4 members (excludes halogenated alkanes) is 6. The van der Waals surface area contributed by atoms with Crippen molar-refractivity contribution in [2.24, 2.45) is 51.4 Å². The first-order valence-corrected chi connectivity index (χ1v) is 29.0. The quantitative estimate of drug-likeness (QED) is 0.0359. The molecule has 452 valence electrons. The van der Waals surface area contributed by atoms with Crippen molar-refractivity contribution in [3.8, 4) is 0 Å². The molecular weight excluding hydrogens is 1050 g/mol. The van der Waals surface area contributed by atoms with Gasteiger partial charge in [-0.15, -0.1) is 0 Å². The molecule has 0 fully saturated rings. The van der Waals surface area contributed by atoms with Crippen molar-refractivity contribution >= 4 is 58.9 Å². The second-order valence-corrected chi connectivity index (χ2v) is 21.8. The molecule has 0 aromatic carbocycles. The van der Waals surface area contributed by atoms with E-state index in [0.29, 0.717) is 94.1 Å². The summed E-state index contributed by atoms with van der Waals surface area (Å²) in [4.78, 5) is 144. The molecule has 0 saturated carbocycles. The number of imidazole rings is 3. The molecule has 8 unspecified atom stereocenters. The molecule has 0 radical (unpaired) electrons. The average Bonchev–Trinajstić information content (AvgIpc) is 4.37. The van der Waals surface area contributed by atoms with Gasteiger partial charge in [0.2, 0.25) is 29.5 Å². The smallest absolute Gasteiger partial charge is 0.242 e. The summed E-state index contributed by atoms with van der Waals surface area (Å²) in [5.74, 6) is -4.83. The Labute approximate surface area is 480 Å². The number of rotatable bonds is 45. The third-order valence-corrected chi connectivity index (χ3v) is 14.7. The molecule has 0 aliphatic carbocycles. The SMILES string of the molecule is CC(C)C(=O)CC(CCCCCC(=O)C(CCCCNC(=O)C(CCCCCC(=O)C(N)CC1=CCC=N1)NC(=O)C(N)Cc1cnc[nH]1)NC(=O)C(CCCCNC(=O)C(N)Cc1cnc[nH]1)CC(=O)C(N)Cc1cnc[nH]1)C(N)=O. The molecule has 5 amide bonds. The maximum absolute atomic E-state index is 14.4. The Kier molecular flexibility index (Phi) is 30.5. The third kappa shape index (κ3) is 25.8. The van der Waals surface area contributed by atoms with Crippen molar-refractivity contribution in [3.05, 3.63) is 66.4 Å². The summed E-state index contributed by atoms with van der Waals surface area (Å²) < 4.78 is 0. The van der Waals surface area contributed by atoms with Crippen LogP contribution in [-0.2, 0) is 62.4 Å². The number of hydrogen-bond donors (Lipinski definition) is 12. The minimum Gasteiger partial charge on any atom is -0.369 e. The first kappa shape index (κ1) is 67.4. The molecule has 0 bridgehead atoms. The van der Waals surface area contributed by atoms with Crippen LogP contribution in [0.15, 0.2) is 54.3 Å². The highest BCUT2D eigenvalue weighted by atomic mass is 16.2. The average molecular weight is 1140 g/mol. The number of Topliss-reactive ketones (excluding diaryl/α,β-unsaturated/α-hetero) is 4. The molecule has 1 aliphatic rings. The third-order valence-electron chi connectivity index (χ3n) is 14.7. The van der Waals surface area contributed by atoms with E-state index in [0.717, 1.165) is 12.1 Å². The van der Waals surface area contributed by atoms with Gasteiger partial charge in [-0.3, -0.25) is 48.1 Å². The predicted octanol–water partition coefficient (Wildman–Crippen LogP) is 1.82. The number of hydrogen-bond acceptors (Lipinski definition) is 17. The number of aliphatic imine (C=N–C) groups is 1. The van der Waals surface area contributed by atoms with Gasteiger partial charge in [0.1, 0.15) is 17.6 Å². The largest absolute Gasteiger partial charge is 0.369 e. The Morgan fingerprint density at radius 2 is 0.976 bits per heavy atom. The minimum absolute atomic E-state index is 0.0542. The van der Waals surface area contributed by atoms with Crippen LogP contribution < -0.4 is 49.9 Å². The van der Waals surface area contributed by atoms with Gasteiger partial charge in [0.05, 0.1) is 49.2 Å². The Morgan fingerprint density at radius 1 is 0.500 bits per heavy atom. The molecule has 4 rings (SSSR count). The van der Waals surface area contributed by atoms with Gasteiger partial charge in [0, 0.05) is 136 Å². The molecule has 17 N–H and O–H groups in total. The summed E-state index contributed by atoms with van der Waals surface area (Å²) in [5.41, 5.74) is 33.3. The van der Waals surface area contributed by atoms with E-state index in [2.05, 4.69) is 56.2 Å². The Bertz CT molecular complexity index is 2510. The standard InChI is InChI=1S/C57H90N16O9/c1-36(2)51(76)24-37(53(62)78)14-5-3-8-20-50(75)47(72-54(79)38(25-52(77)44(59)27-40-30-63-33-69-40)15-9-11-21-67-55(80)45(60)28-41-31-64-34-70-41)17-10-12-22-68-57(82)48(73-56(81)46(61)29-42-32-65-35-71-42)18-6-4-7-19-49(74)43(58)26-39-16-13-23-66-39/h16,23,30-38,43-48H,3-15,17-22,24-29,58-61H2,1-2H3,(H2,62,78)(H,63,69)(H,64,70)(H,65,71)(H,67,80)(H,68,82)(H,72,79)(H,73,81). The van der Waals surface area contributed by atoms with E-state index in [1.54, 1.807) is 38.7 Å². The van der Waals surface area contributed by atoms with Crippen LogP contribution >= 0.6 is 0 Å². The van der Waals surface area contributed by atoms with Gasteiger partial charge in [-0.2, -0.15) is 0 Å². The van der Waals surface area contributed by atoms with Crippen LogP contribution in [-0.4, -0.2) is 138 Å². The van der Waals surface area contributed by atoms with Crippen LogP contribution in [0.5, 0.6) is 0 Å². The number of nitrogens with zero attached hydrogens (tertiary/aromatic N) is 4. The second-order valence-electron chi connectivity index (χ2n) is 21.8. The van der Waals surface area contributed by atoms with Crippen molar-refractivity contribution in [1.29, 1.82) is 0 Å². The highest BCUT2D eigenvalue weighted by Crippen LogP contribution is 2.21. The number of carbonyl (C=O) groups excluding carboxylic acids is 9. The molecule has 82 heavy (non-hydrogen) atoms. The molecule has 3 aromatic rings. The number of carbonyl (C=O) groups is 9. The lowest BCUT2D eigenvalue weighted by molar-refractivity contribution is -0.133. The summed E-state index contributed by atoms with van der Waals surface area (Å²) in [5, 5.41) is 11.5. The number of H-pyrrole nitrogens is 3. The highest BCUT2D eigenvalue weighted by molar-refractivity contribution is 5.93. The monoisotopic (exact) mass is 1140 g/mol. The summed E-state index contributed by atoms with van der Waals surface area (Å²) in [6, 6.07) is -5.28. The van der Waals surface area contributed by atoms with Crippen molar-refractivity contribution in [1.82, 2.24) is 51.2 Å². The van der Waals surface area contributed by atoms with Crippen molar-refractivity contribution in [3.63, 3.8) is 0 Å². The van der Waals surface area contributed by atoms with Gasteiger partial charge < -0.3 is 64.9 Å². The van der Waals surface area contributed by atoms with Gasteiger partial charge in [0.15, 0.2) is 11.6 Å². The summed E-state index contributed by atoms with van der Waals surface area (Å²) in [7, 11) is 0.